The molecule has 1 aromatic rings. The largest absolute Gasteiger partial charge is 0.459 e. The Kier molecular flexibility index (Phi) is 4.21. The number of aromatic nitrogens is 1. The lowest BCUT2D eigenvalue weighted by Crippen LogP contribution is -2.15. The summed E-state index contributed by atoms with van der Waals surface area (Å²) in [6, 6.07) is 1.32. The highest BCUT2D eigenvalue weighted by Gasteiger charge is 2.15. The summed E-state index contributed by atoms with van der Waals surface area (Å²) in [6.45, 7) is 3.79. The molecule has 0 bridgehead atoms. The Morgan fingerprint density at radius 1 is 1.67 bits per heavy atom. The molecule has 0 saturated carbocycles. The third-order valence-corrected chi connectivity index (χ3v) is 2.00. The lowest BCUT2D eigenvalue weighted by Gasteiger charge is -2.11. The normalized spacial score (nSPS) is 12.2. The van der Waals surface area contributed by atoms with Crippen molar-refractivity contribution in [2.75, 3.05) is 0 Å². The van der Waals surface area contributed by atoms with Gasteiger partial charge in [-0.1, -0.05) is 13.3 Å². The summed E-state index contributed by atoms with van der Waals surface area (Å²) in [5, 5.41) is 0. The van der Waals surface area contributed by atoms with Crippen LogP contribution in [0.1, 0.15) is 37.0 Å². The van der Waals surface area contributed by atoms with E-state index in [0.717, 1.165) is 19.0 Å². The number of rotatable bonds is 4. The molecule has 0 aliphatic carbocycles. The molecule has 3 nitrogen and oxygen atoms in total. The van der Waals surface area contributed by atoms with Gasteiger partial charge in [0.2, 0.25) is 0 Å². The fourth-order valence-electron chi connectivity index (χ4n) is 1.25. The van der Waals surface area contributed by atoms with Gasteiger partial charge in [0.25, 0.3) is 0 Å². The van der Waals surface area contributed by atoms with Gasteiger partial charge in [0.1, 0.15) is 0 Å². The minimum atomic E-state index is -0.647. The molecular formula is C11H14FNO2. The molecular weight excluding hydrogens is 197 g/mol. The first-order chi connectivity index (χ1) is 7.15. The zero-order chi connectivity index (χ0) is 11.3. The van der Waals surface area contributed by atoms with Crippen molar-refractivity contribution in [2.24, 2.45) is 0 Å². The SMILES string of the molecule is CCCC(C)OC(=O)c1ccncc1F. The van der Waals surface area contributed by atoms with Gasteiger partial charge in [-0.2, -0.15) is 0 Å². The lowest BCUT2D eigenvalue weighted by molar-refractivity contribution is 0.0318. The maximum absolute atomic E-state index is 13.1. The van der Waals surface area contributed by atoms with Crippen LogP contribution in [0.3, 0.4) is 0 Å². The quantitative estimate of drug-likeness (QED) is 0.718. The van der Waals surface area contributed by atoms with Crippen LogP contribution < -0.4 is 0 Å². The van der Waals surface area contributed by atoms with Gasteiger partial charge in [0.15, 0.2) is 5.82 Å². The van der Waals surface area contributed by atoms with Crippen LogP contribution in [0.15, 0.2) is 18.5 Å². The predicted molar refractivity (Wildman–Crippen MR) is 54.0 cm³/mol. The van der Waals surface area contributed by atoms with Gasteiger partial charge in [0.05, 0.1) is 17.9 Å². The highest BCUT2D eigenvalue weighted by atomic mass is 19.1. The molecule has 1 aromatic heterocycles. The Labute approximate surface area is 88.3 Å². The molecule has 0 amide bonds. The lowest BCUT2D eigenvalue weighted by atomic mass is 10.2. The minimum Gasteiger partial charge on any atom is -0.459 e. The number of halogens is 1. The fourth-order valence-corrected chi connectivity index (χ4v) is 1.25. The second kappa shape index (κ2) is 5.44. The maximum atomic E-state index is 13.1. The van der Waals surface area contributed by atoms with E-state index in [-0.39, 0.29) is 11.7 Å². The Morgan fingerprint density at radius 2 is 2.40 bits per heavy atom. The second-order valence-electron chi connectivity index (χ2n) is 3.36. The van der Waals surface area contributed by atoms with Crippen molar-refractivity contribution in [2.45, 2.75) is 32.8 Å². The van der Waals surface area contributed by atoms with Crippen LogP contribution in [0.25, 0.3) is 0 Å². The van der Waals surface area contributed by atoms with Crippen LogP contribution in [-0.2, 0) is 4.74 Å². The van der Waals surface area contributed by atoms with E-state index in [0.29, 0.717) is 0 Å². The first-order valence-corrected chi connectivity index (χ1v) is 4.95. The zero-order valence-corrected chi connectivity index (χ0v) is 8.87. The molecule has 82 valence electrons. The third kappa shape index (κ3) is 3.31. The Hall–Kier alpha value is -1.45. The van der Waals surface area contributed by atoms with Gasteiger partial charge >= 0.3 is 5.97 Å². The Bertz CT molecular complexity index is 341. The van der Waals surface area contributed by atoms with E-state index in [1.807, 2.05) is 6.92 Å². The number of carbonyl (C=O) groups excluding carboxylic acids is 1. The molecule has 1 rings (SSSR count). The van der Waals surface area contributed by atoms with Crippen LogP contribution in [0, 0.1) is 5.82 Å². The van der Waals surface area contributed by atoms with Crippen LogP contribution >= 0.6 is 0 Å². The van der Waals surface area contributed by atoms with Crippen LogP contribution in [0.5, 0.6) is 0 Å². The number of esters is 1. The van der Waals surface area contributed by atoms with Gasteiger partial charge in [-0.25, -0.2) is 9.18 Å². The molecule has 0 spiro atoms. The molecule has 0 N–H and O–H groups in total. The van der Waals surface area contributed by atoms with Crippen molar-refractivity contribution >= 4 is 5.97 Å². The van der Waals surface area contributed by atoms with Crippen molar-refractivity contribution in [3.05, 3.63) is 29.8 Å². The van der Waals surface area contributed by atoms with E-state index in [4.69, 9.17) is 4.74 Å². The van der Waals surface area contributed by atoms with E-state index < -0.39 is 11.8 Å². The van der Waals surface area contributed by atoms with E-state index in [1.54, 1.807) is 6.92 Å². The molecule has 1 unspecified atom stereocenters. The number of pyridine rings is 1. The molecule has 4 heteroatoms. The van der Waals surface area contributed by atoms with E-state index >= 15 is 0 Å². The average Bonchev–Trinajstić information content (AvgIpc) is 2.18. The molecule has 15 heavy (non-hydrogen) atoms. The van der Waals surface area contributed by atoms with Crippen LogP contribution in [0.2, 0.25) is 0 Å². The summed E-state index contributed by atoms with van der Waals surface area (Å²) >= 11 is 0. The molecule has 0 aliphatic rings. The smallest absolute Gasteiger partial charge is 0.341 e. The molecule has 1 heterocycles. The van der Waals surface area contributed by atoms with Crippen molar-refractivity contribution in [3.8, 4) is 0 Å². The van der Waals surface area contributed by atoms with Gasteiger partial charge in [-0.05, 0) is 19.4 Å². The summed E-state index contributed by atoms with van der Waals surface area (Å²) in [5.74, 6) is -1.28. The first-order valence-electron chi connectivity index (χ1n) is 4.95. The van der Waals surface area contributed by atoms with Crippen LogP contribution in [0.4, 0.5) is 4.39 Å². The average molecular weight is 211 g/mol. The van der Waals surface area contributed by atoms with Gasteiger partial charge in [0, 0.05) is 6.20 Å². The highest BCUT2D eigenvalue weighted by Crippen LogP contribution is 2.09. The Balaban J connectivity index is 2.65. The monoisotopic (exact) mass is 211 g/mol. The molecule has 0 aliphatic heterocycles. The summed E-state index contributed by atoms with van der Waals surface area (Å²) < 4.78 is 18.2. The molecule has 0 saturated heterocycles. The van der Waals surface area contributed by atoms with Gasteiger partial charge in [-0.15, -0.1) is 0 Å². The number of nitrogens with zero attached hydrogens (tertiary/aromatic N) is 1. The number of hydrogen-bond acceptors (Lipinski definition) is 3. The maximum Gasteiger partial charge on any atom is 0.341 e. The second-order valence-corrected chi connectivity index (χ2v) is 3.36. The topological polar surface area (TPSA) is 39.2 Å². The van der Waals surface area contributed by atoms with E-state index in [9.17, 15) is 9.18 Å². The van der Waals surface area contributed by atoms with Crippen molar-refractivity contribution in [3.63, 3.8) is 0 Å². The van der Waals surface area contributed by atoms with E-state index in [2.05, 4.69) is 4.98 Å². The number of carbonyl (C=O) groups is 1. The van der Waals surface area contributed by atoms with Gasteiger partial charge < -0.3 is 4.74 Å². The summed E-state index contributed by atoms with van der Waals surface area (Å²) in [7, 11) is 0. The molecule has 1 atom stereocenters. The first kappa shape index (κ1) is 11.6. The van der Waals surface area contributed by atoms with E-state index in [1.165, 1.54) is 12.3 Å². The van der Waals surface area contributed by atoms with Crippen molar-refractivity contribution in [1.29, 1.82) is 0 Å². The minimum absolute atomic E-state index is 0.0621. The highest BCUT2D eigenvalue weighted by molar-refractivity contribution is 5.89. The number of hydrogen-bond donors (Lipinski definition) is 0. The summed E-state index contributed by atoms with van der Waals surface area (Å²) in [4.78, 5) is 15.0. The van der Waals surface area contributed by atoms with Crippen molar-refractivity contribution in [1.82, 2.24) is 4.98 Å². The standard InChI is InChI=1S/C11H14FNO2/c1-3-4-8(2)15-11(14)9-5-6-13-7-10(9)12/h5-8H,3-4H2,1-2H3. The molecule has 0 radical (unpaired) electrons. The fraction of sp³-hybridized carbons (Fsp3) is 0.455. The molecule has 0 fully saturated rings. The summed E-state index contributed by atoms with van der Waals surface area (Å²) in [6.07, 6.45) is 3.88. The zero-order valence-electron chi connectivity index (χ0n) is 8.87. The molecule has 0 aromatic carbocycles. The Morgan fingerprint density at radius 3 is 3.00 bits per heavy atom. The van der Waals surface area contributed by atoms with Crippen molar-refractivity contribution < 1.29 is 13.9 Å². The van der Waals surface area contributed by atoms with Crippen LogP contribution in [-0.4, -0.2) is 17.1 Å². The summed E-state index contributed by atoms with van der Waals surface area (Å²) in [5.41, 5.74) is -0.0621. The predicted octanol–water partition coefficient (Wildman–Crippen LogP) is 2.57. The van der Waals surface area contributed by atoms with Gasteiger partial charge in [-0.3, -0.25) is 4.98 Å². The third-order valence-electron chi connectivity index (χ3n) is 2.00. The number of ether oxygens (including phenoxy) is 1.